The lowest BCUT2D eigenvalue weighted by atomic mass is 9.88. The van der Waals surface area contributed by atoms with Crippen LogP contribution in [0.3, 0.4) is 0 Å². The third-order valence-corrected chi connectivity index (χ3v) is 4.57. The fourth-order valence-electron chi connectivity index (χ4n) is 3.08. The van der Waals surface area contributed by atoms with Crippen LogP contribution in [0.15, 0.2) is 28.8 Å². The number of halogens is 1. The maximum Gasteiger partial charge on any atom is 0.410 e. The number of hydrogen-bond donors (Lipinski definition) is 0. The van der Waals surface area contributed by atoms with Gasteiger partial charge in [0.1, 0.15) is 11.5 Å². The van der Waals surface area contributed by atoms with Crippen LogP contribution >= 0.6 is 11.6 Å². The van der Waals surface area contributed by atoms with Gasteiger partial charge in [-0.15, -0.1) is 11.6 Å². The standard InChI is InChI=1S/C19H24ClN3O3/c1-19(2,3)25-18(24)23-9-7-13(8-10-23)14-5-4-6-15(11-14)17-21-16(12-20)26-22-17/h4-6,11,13H,7-10,12H2,1-3H3. The van der Waals surface area contributed by atoms with Gasteiger partial charge in [0.25, 0.3) is 0 Å². The molecule has 1 amide bonds. The van der Waals surface area contributed by atoms with Crippen molar-refractivity contribution in [1.29, 1.82) is 0 Å². The Hall–Kier alpha value is -2.08. The number of carbonyl (C=O) groups is 1. The molecule has 0 spiro atoms. The molecule has 2 heterocycles. The molecule has 26 heavy (non-hydrogen) atoms. The van der Waals surface area contributed by atoms with Crippen LogP contribution in [0.4, 0.5) is 4.79 Å². The van der Waals surface area contributed by atoms with E-state index < -0.39 is 5.60 Å². The monoisotopic (exact) mass is 377 g/mol. The van der Waals surface area contributed by atoms with Crippen molar-refractivity contribution >= 4 is 17.7 Å². The quantitative estimate of drug-likeness (QED) is 0.731. The first-order valence-corrected chi connectivity index (χ1v) is 9.36. The number of rotatable bonds is 3. The van der Waals surface area contributed by atoms with Crippen molar-refractivity contribution in [2.75, 3.05) is 13.1 Å². The molecule has 0 saturated carbocycles. The van der Waals surface area contributed by atoms with E-state index in [1.54, 1.807) is 4.90 Å². The molecular formula is C19H24ClN3O3. The number of alkyl halides is 1. The largest absolute Gasteiger partial charge is 0.444 e. The molecule has 1 aromatic carbocycles. The maximum atomic E-state index is 12.2. The Morgan fingerprint density at radius 1 is 1.35 bits per heavy atom. The average molecular weight is 378 g/mol. The van der Waals surface area contributed by atoms with E-state index in [-0.39, 0.29) is 12.0 Å². The van der Waals surface area contributed by atoms with E-state index in [0.29, 0.717) is 30.7 Å². The summed E-state index contributed by atoms with van der Waals surface area (Å²) in [4.78, 5) is 18.3. The van der Waals surface area contributed by atoms with Gasteiger partial charge in [0.2, 0.25) is 11.7 Å². The van der Waals surface area contributed by atoms with Crippen LogP contribution in [-0.2, 0) is 10.6 Å². The lowest BCUT2D eigenvalue weighted by molar-refractivity contribution is 0.0205. The highest BCUT2D eigenvalue weighted by molar-refractivity contribution is 6.16. The Bertz CT molecular complexity index is 761. The zero-order valence-corrected chi connectivity index (χ0v) is 16.1. The van der Waals surface area contributed by atoms with Gasteiger partial charge in [0.15, 0.2) is 0 Å². The van der Waals surface area contributed by atoms with Gasteiger partial charge < -0.3 is 14.2 Å². The first kappa shape index (κ1) is 18.7. The maximum absolute atomic E-state index is 12.2. The molecule has 0 unspecified atom stereocenters. The summed E-state index contributed by atoms with van der Waals surface area (Å²) < 4.78 is 10.5. The molecule has 2 aromatic rings. The number of nitrogens with zero attached hydrogens (tertiary/aromatic N) is 3. The summed E-state index contributed by atoms with van der Waals surface area (Å²) in [5.74, 6) is 1.56. The second kappa shape index (κ2) is 7.66. The minimum absolute atomic E-state index is 0.204. The van der Waals surface area contributed by atoms with Crippen molar-refractivity contribution in [3.8, 4) is 11.4 Å². The Morgan fingerprint density at radius 2 is 2.08 bits per heavy atom. The van der Waals surface area contributed by atoms with Crippen LogP contribution in [0.1, 0.15) is 51.0 Å². The van der Waals surface area contributed by atoms with Crippen LogP contribution in [-0.4, -0.2) is 39.8 Å². The van der Waals surface area contributed by atoms with Crippen molar-refractivity contribution in [1.82, 2.24) is 15.0 Å². The fraction of sp³-hybridized carbons (Fsp3) is 0.526. The van der Waals surface area contributed by atoms with Crippen molar-refractivity contribution < 1.29 is 14.1 Å². The van der Waals surface area contributed by atoms with Crippen molar-refractivity contribution in [2.24, 2.45) is 0 Å². The third kappa shape index (κ3) is 4.55. The average Bonchev–Trinajstić information content (AvgIpc) is 3.10. The molecule has 0 bridgehead atoms. The minimum atomic E-state index is -0.464. The highest BCUT2D eigenvalue weighted by Crippen LogP contribution is 2.31. The molecule has 1 aliphatic heterocycles. The lowest BCUT2D eigenvalue weighted by Gasteiger charge is -2.33. The van der Waals surface area contributed by atoms with Crippen molar-refractivity contribution in [2.45, 2.75) is 51.0 Å². The van der Waals surface area contributed by atoms with E-state index >= 15 is 0 Å². The number of ether oxygens (including phenoxy) is 1. The van der Waals surface area contributed by atoms with Crippen LogP contribution in [0.25, 0.3) is 11.4 Å². The fourth-order valence-corrected chi connectivity index (χ4v) is 3.19. The van der Waals surface area contributed by atoms with Gasteiger partial charge in [-0.1, -0.05) is 23.4 Å². The summed E-state index contributed by atoms with van der Waals surface area (Å²) in [7, 11) is 0. The molecule has 1 aliphatic rings. The number of hydrogen-bond acceptors (Lipinski definition) is 5. The summed E-state index contributed by atoms with van der Waals surface area (Å²) in [6, 6.07) is 8.17. The molecular weight excluding hydrogens is 354 g/mol. The highest BCUT2D eigenvalue weighted by atomic mass is 35.5. The van der Waals surface area contributed by atoms with E-state index in [2.05, 4.69) is 22.3 Å². The summed E-state index contributed by atoms with van der Waals surface area (Å²) in [5.41, 5.74) is 1.68. The molecule has 1 aromatic heterocycles. The van der Waals surface area contributed by atoms with Gasteiger partial charge in [0.05, 0.1) is 0 Å². The van der Waals surface area contributed by atoms with Crippen molar-refractivity contribution in [3.63, 3.8) is 0 Å². The van der Waals surface area contributed by atoms with Gasteiger partial charge in [-0.2, -0.15) is 4.98 Å². The predicted octanol–water partition coefficient (Wildman–Crippen LogP) is 4.59. The van der Waals surface area contributed by atoms with E-state index in [0.717, 1.165) is 18.4 Å². The molecule has 1 fully saturated rings. The Kier molecular flexibility index (Phi) is 5.51. The van der Waals surface area contributed by atoms with Crippen LogP contribution < -0.4 is 0 Å². The van der Waals surface area contributed by atoms with Gasteiger partial charge in [-0.25, -0.2) is 4.79 Å². The molecule has 1 saturated heterocycles. The molecule has 140 valence electrons. The van der Waals surface area contributed by atoms with E-state index in [1.807, 2.05) is 32.9 Å². The van der Waals surface area contributed by atoms with Crippen LogP contribution in [0.5, 0.6) is 0 Å². The molecule has 0 radical (unpaired) electrons. The molecule has 0 N–H and O–H groups in total. The Morgan fingerprint density at radius 3 is 2.69 bits per heavy atom. The summed E-state index contributed by atoms with van der Waals surface area (Å²) in [5, 5.41) is 3.97. The van der Waals surface area contributed by atoms with Crippen LogP contribution in [0, 0.1) is 0 Å². The van der Waals surface area contributed by atoms with Gasteiger partial charge in [-0.3, -0.25) is 0 Å². The second-order valence-electron chi connectivity index (χ2n) is 7.51. The lowest BCUT2D eigenvalue weighted by Crippen LogP contribution is -2.41. The minimum Gasteiger partial charge on any atom is -0.444 e. The number of carbonyl (C=O) groups excluding carboxylic acids is 1. The molecule has 0 atom stereocenters. The summed E-state index contributed by atoms with van der Waals surface area (Å²) in [6.45, 7) is 7.05. The summed E-state index contributed by atoms with van der Waals surface area (Å²) in [6.07, 6.45) is 1.58. The molecule has 6 nitrogen and oxygen atoms in total. The zero-order chi connectivity index (χ0) is 18.7. The van der Waals surface area contributed by atoms with Gasteiger partial charge in [0, 0.05) is 18.7 Å². The smallest absolute Gasteiger partial charge is 0.410 e. The van der Waals surface area contributed by atoms with E-state index in [1.165, 1.54) is 5.56 Å². The van der Waals surface area contributed by atoms with Crippen molar-refractivity contribution in [3.05, 3.63) is 35.7 Å². The topological polar surface area (TPSA) is 68.5 Å². The highest BCUT2D eigenvalue weighted by Gasteiger charge is 2.27. The second-order valence-corrected chi connectivity index (χ2v) is 7.78. The Labute approximate surface area is 158 Å². The zero-order valence-electron chi connectivity index (χ0n) is 15.4. The van der Waals surface area contributed by atoms with E-state index in [9.17, 15) is 4.79 Å². The normalized spacial score (nSPS) is 15.9. The number of piperidine rings is 1. The van der Waals surface area contributed by atoms with E-state index in [4.69, 9.17) is 20.9 Å². The molecule has 0 aliphatic carbocycles. The molecule has 3 rings (SSSR count). The number of aromatic nitrogens is 2. The number of amides is 1. The number of benzene rings is 1. The van der Waals surface area contributed by atoms with Gasteiger partial charge in [-0.05, 0) is 51.2 Å². The first-order valence-electron chi connectivity index (χ1n) is 8.82. The Balaban J connectivity index is 1.64. The third-order valence-electron chi connectivity index (χ3n) is 4.35. The van der Waals surface area contributed by atoms with Gasteiger partial charge >= 0.3 is 6.09 Å². The summed E-state index contributed by atoms with van der Waals surface area (Å²) >= 11 is 5.72. The SMILES string of the molecule is CC(C)(C)OC(=O)N1CCC(c2cccc(-c3noc(CCl)n3)c2)CC1. The number of likely N-dealkylation sites (tertiary alicyclic amines) is 1. The van der Waals surface area contributed by atoms with Crippen LogP contribution in [0.2, 0.25) is 0 Å². The predicted molar refractivity (Wildman–Crippen MR) is 99.1 cm³/mol. The molecule has 7 heteroatoms. The first-order chi connectivity index (χ1) is 12.4.